The Morgan fingerprint density at radius 1 is 1.02 bits per heavy atom. The number of rotatable bonds is 10. The van der Waals surface area contributed by atoms with Crippen LogP contribution in [0.4, 0.5) is 5.69 Å². The predicted molar refractivity (Wildman–Crippen MR) is 181 cm³/mol. The van der Waals surface area contributed by atoms with E-state index in [0.29, 0.717) is 44.8 Å². The summed E-state index contributed by atoms with van der Waals surface area (Å²) in [6.45, 7) is 7.40. The molecular weight excluding hydrogens is 596 g/mol. The Morgan fingerprint density at radius 2 is 1.79 bits per heavy atom. The number of anilines is 1. The van der Waals surface area contributed by atoms with Gasteiger partial charge in [0, 0.05) is 83.6 Å². The van der Waals surface area contributed by atoms with Gasteiger partial charge in [-0.1, -0.05) is 43.2 Å². The number of benzene rings is 2. The summed E-state index contributed by atoms with van der Waals surface area (Å²) in [7, 11) is 1.62. The molecule has 6 rings (SSSR count). The van der Waals surface area contributed by atoms with Gasteiger partial charge in [0.25, 0.3) is 5.91 Å². The van der Waals surface area contributed by atoms with Crippen LogP contribution in [0.1, 0.15) is 55.6 Å². The minimum atomic E-state index is -1.03. The molecule has 2 N–H and O–H groups in total. The highest BCUT2D eigenvalue weighted by Gasteiger charge is 2.42. The number of aliphatic hydroxyl groups is 1. The number of aromatic nitrogens is 2. The minimum Gasteiger partial charge on any atom is -0.494 e. The second-order valence-corrected chi connectivity index (χ2v) is 13.0. The van der Waals surface area contributed by atoms with Gasteiger partial charge in [0.2, 0.25) is 5.91 Å². The van der Waals surface area contributed by atoms with E-state index in [2.05, 4.69) is 22.3 Å². The normalized spacial score (nSPS) is 23.5. The van der Waals surface area contributed by atoms with Gasteiger partial charge >= 0.3 is 0 Å². The van der Waals surface area contributed by atoms with E-state index in [1.807, 2.05) is 56.8 Å². The smallest absolute Gasteiger partial charge is 0.275 e. The second-order valence-electron chi connectivity index (χ2n) is 13.0. The van der Waals surface area contributed by atoms with Gasteiger partial charge in [-0.05, 0) is 37.1 Å². The lowest BCUT2D eigenvalue weighted by Gasteiger charge is -2.41. The third kappa shape index (κ3) is 7.32. The summed E-state index contributed by atoms with van der Waals surface area (Å²) < 4.78 is 13.6. The van der Waals surface area contributed by atoms with Crippen LogP contribution in [-0.4, -0.2) is 114 Å². The molecule has 0 bridgehead atoms. The Morgan fingerprint density at radius 3 is 2.51 bits per heavy atom. The number of carbonyl (C=O) groups excluding carboxylic acids is 2. The monoisotopic (exact) mass is 644 g/mol. The first-order chi connectivity index (χ1) is 22.9. The Bertz CT molecular complexity index is 1490. The Labute approximate surface area is 277 Å². The third-order valence-electron chi connectivity index (χ3n) is 9.99. The van der Waals surface area contributed by atoms with Crippen LogP contribution in [0, 0.1) is 0 Å². The number of hydrogen-bond donors (Lipinski definition) is 2. The summed E-state index contributed by atoms with van der Waals surface area (Å²) in [5.74, 6) is 0.816. The van der Waals surface area contributed by atoms with E-state index in [4.69, 9.17) is 14.5 Å². The first kappa shape index (κ1) is 33.0. The van der Waals surface area contributed by atoms with Crippen molar-refractivity contribution in [1.29, 1.82) is 0 Å². The molecule has 47 heavy (non-hydrogen) atoms. The summed E-state index contributed by atoms with van der Waals surface area (Å²) in [5, 5.41) is 15.1. The molecule has 3 atom stereocenters. The number of amides is 2. The average Bonchev–Trinajstić information content (AvgIpc) is 3.54. The lowest BCUT2D eigenvalue weighted by atomic mass is 9.80. The van der Waals surface area contributed by atoms with Gasteiger partial charge in [-0.3, -0.25) is 9.59 Å². The molecule has 2 aliphatic heterocycles. The van der Waals surface area contributed by atoms with Gasteiger partial charge in [-0.2, -0.15) is 0 Å². The van der Waals surface area contributed by atoms with Crippen molar-refractivity contribution in [2.24, 2.45) is 0 Å². The maximum absolute atomic E-state index is 14.3. The standard InChI is InChI=1S/C36H48N6O5/c1-27(43)39-19-21-40(22-20-39)29-11-13-31(14-12-29)47-23-15-30-24-37-17-18-41(30)35(44)33-34(28-8-4-3-5-9-28)42(26-38-33)32-10-6-7-16-36(32,45)25-46-2/h3-5,8-9,11-14,26,30,32,37,45H,6-7,10,15-25H2,1-2H3/t30-,32-,36-/m1/s1. The lowest BCUT2D eigenvalue weighted by Crippen LogP contribution is -2.54. The zero-order valence-corrected chi connectivity index (χ0v) is 27.6. The number of hydrogen-bond acceptors (Lipinski definition) is 8. The molecule has 0 unspecified atom stereocenters. The van der Waals surface area contributed by atoms with Gasteiger partial charge in [-0.25, -0.2) is 4.98 Å². The SMILES string of the molecule is COC[C@]1(O)CCCC[C@H]1n1cnc(C(=O)N2CCNC[C@H]2CCOc2ccc(N3CCN(C(C)=O)CC3)cc2)c1-c1ccccc1. The molecule has 3 aromatic rings. The highest BCUT2D eigenvalue weighted by Crippen LogP contribution is 2.41. The van der Waals surface area contributed by atoms with Crippen LogP contribution in [0.25, 0.3) is 11.3 Å². The summed E-state index contributed by atoms with van der Waals surface area (Å²) >= 11 is 0. The lowest BCUT2D eigenvalue weighted by molar-refractivity contribution is -0.129. The maximum atomic E-state index is 14.3. The van der Waals surface area contributed by atoms with E-state index in [0.717, 1.165) is 68.1 Å². The van der Waals surface area contributed by atoms with Crippen LogP contribution in [-0.2, 0) is 9.53 Å². The largest absolute Gasteiger partial charge is 0.494 e. The van der Waals surface area contributed by atoms with E-state index >= 15 is 0 Å². The number of methoxy groups -OCH3 is 1. The van der Waals surface area contributed by atoms with Crippen LogP contribution in [0.3, 0.4) is 0 Å². The number of piperazine rings is 2. The van der Waals surface area contributed by atoms with Gasteiger partial charge < -0.3 is 39.2 Å². The number of nitrogens with one attached hydrogen (secondary N) is 1. The van der Waals surface area contributed by atoms with Crippen molar-refractivity contribution in [3.8, 4) is 17.0 Å². The van der Waals surface area contributed by atoms with Gasteiger partial charge in [-0.15, -0.1) is 0 Å². The molecule has 0 radical (unpaired) electrons. The minimum absolute atomic E-state index is 0.0537. The number of imidazole rings is 1. The zero-order chi connectivity index (χ0) is 32.8. The Hall–Kier alpha value is -3.93. The van der Waals surface area contributed by atoms with Gasteiger partial charge in [0.15, 0.2) is 5.69 Å². The molecule has 252 valence electrons. The molecule has 0 spiro atoms. The molecule has 3 aliphatic rings. The summed E-state index contributed by atoms with van der Waals surface area (Å²) in [6.07, 6.45) is 5.76. The van der Waals surface area contributed by atoms with Crippen molar-refractivity contribution >= 4 is 17.5 Å². The van der Waals surface area contributed by atoms with Crippen molar-refractivity contribution in [3.05, 3.63) is 66.6 Å². The van der Waals surface area contributed by atoms with Crippen molar-refractivity contribution in [2.75, 3.05) is 71.0 Å². The van der Waals surface area contributed by atoms with Crippen LogP contribution >= 0.6 is 0 Å². The molecule has 3 fully saturated rings. The first-order valence-electron chi connectivity index (χ1n) is 17.0. The maximum Gasteiger partial charge on any atom is 0.275 e. The molecule has 2 amide bonds. The quantitative estimate of drug-likeness (QED) is 0.345. The number of ether oxygens (including phenoxy) is 2. The fourth-order valence-electron chi connectivity index (χ4n) is 7.42. The predicted octanol–water partition coefficient (Wildman–Crippen LogP) is 3.59. The van der Waals surface area contributed by atoms with Crippen LogP contribution < -0.4 is 15.0 Å². The highest BCUT2D eigenvalue weighted by atomic mass is 16.5. The first-order valence-corrected chi connectivity index (χ1v) is 17.0. The summed E-state index contributed by atoms with van der Waals surface area (Å²) in [6, 6.07) is 17.7. The van der Waals surface area contributed by atoms with E-state index in [1.165, 1.54) is 0 Å². The number of nitrogens with zero attached hydrogens (tertiary/aromatic N) is 5. The van der Waals surface area contributed by atoms with Crippen molar-refractivity contribution in [3.63, 3.8) is 0 Å². The van der Waals surface area contributed by atoms with Crippen molar-refractivity contribution in [1.82, 2.24) is 24.7 Å². The molecule has 2 aromatic carbocycles. The summed E-state index contributed by atoms with van der Waals surface area (Å²) in [5.41, 5.74) is 2.14. The van der Waals surface area contributed by atoms with E-state index in [-0.39, 0.29) is 30.5 Å². The van der Waals surface area contributed by atoms with Crippen molar-refractivity contribution in [2.45, 2.75) is 56.7 Å². The molecule has 11 heteroatoms. The van der Waals surface area contributed by atoms with Crippen LogP contribution in [0.2, 0.25) is 0 Å². The average molecular weight is 645 g/mol. The molecule has 2 saturated heterocycles. The Kier molecular flexibility index (Phi) is 10.4. The number of carbonyl (C=O) groups is 2. The molecular formula is C36H48N6O5. The van der Waals surface area contributed by atoms with Crippen LogP contribution in [0.5, 0.6) is 5.75 Å². The van der Waals surface area contributed by atoms with E-state index < -0.39 is 5.60 Å². The third-order valence-corrected chi connectivity index (χ3v) is 9.99. The Balaban J connectivity index is 1.14. The van der Waals surface area contributed by atoms with Crippen molar-refractivity contribution < 1.29 is 24.2 Å². The molecule has 1 aromatic heterocycles. The van der Waals surface area contributed by atoms with E-state index in [1.54, 1.807) is 20.4 Å². The fourth-order valence-corrected chi connectivity index (χ4v) is 7.42. The zero-order valence-electron chi connectivity index (χ0n) is 27.6. The van der Waals surface area contributed by atoms with Crippen LogP contribution in [0.15, 0.2) is 60.9 Å². The summed E-state index contributed by atoms with van der Waals surface area (Å²) in [4.78, 5) is 36.8. The molecule has 11 nitrogen and oxygen atoms in total. The molecule has 3 heterocycles. The van der Waals surface area contributed by atoms with Gasteiger partial charge in [0.1, 0.15) is 11.4 Å². The highest BCUT2D eigenvalue weighted by molar-refractivity contribution is 5.98. The van der Waals surface area contributed by atoms with E-state index in [9.17, 15) is 14.7 Å². The second kappa shape index (κ2) is 14.9. The fraction of sp³-hybridized carbons (Fsp3) is 0.528. The molecule has 1 aliphatic carbocycles. The van der Waals surface area contributed by atoms with Gasteiger partial charge in [0.05, 0.1) is 31.3 Å². The topological polar surface area (TPSA) is 112 Å². The molecule has 1 saturated carbocycles.